The lowest BCUT2D eigenvalue weighted by molar-refractivity contribution is -0.116. The highest BCUT2D eigenvalue weighted by Crippen LogP contribution is 2.44. The molecule has 0 aromatic heterocycles. The van der Waals surface area contributed by atoms with Gasteiger partial charge < -0.3 is 15.4 Å². The molecule has 0 saturated carbocycles. The lowest BCUT2D eigenvalue weighted by Crippen LogP contribution is -2.26. The van der Waals surface area contributed by atoms with E-state index in [9.17, 15) is 4.79 Å². The molecule has 0 bridgehead atoms. The normalized spacial score (nSPS) is 18.7. The molecule has 6 rings (SSSR count). The van der Waals surface area contributed by atoms with Crippen LogP contribution >= 0.6 is 11.6 Å². The Morgan fingerprint density at radius 3 is 2.35 bits per heavy atom. The maximum atomic E-state index is 13.8. The molecule has 2 aliphatic rings. The Balaban J connectivity index is 1.35. The lowest BCUT2D eigenvalue weighted by atomic mass is 9.78. The molecular formula is C32H27ClN2O2. The zero-order valence-electron chi connectivity index (χ0n) is 20.3. The Labute approximate surface area is 221 Å². The highest BCUT2D eigenvalue weighted by Gasteiger charge is 2.36. The van der Waals surface area contributed by atoms with E-state index in [0.717, 1.165) is 51.5 Å². The maximum Gasteiger partial charge on any atom is 0.163 e. The quantitative estimate of drug-likeness (QED) is 0.289. The number of hydrogen-bond donors (Lipinski definition) is 2. The molecule has 2 atom stereocenters. The first-order valence-electron chi connectivity index (χ1n) is 12.5. The second kappa shape index (κ2) is 10.2. The van der Waals surface area contributed by atoms with Crippen LogP contribution in [-0.2, 0) is 11.4 Å². The molecule has 2 N–H and O–H groups in total. The maximum absolute atomic E-state index is 13.8. The van der Waals surface area contributed by atoms with Crippen molar-refractivity contribution in [1.29, 1.82) is 0 Å². The monoisotopic (exact) mass is 506 g/mol. The van der Waals surface area contributed by atoms with Crippen molar-refractivity contribution in [3.05, 3.63) is 136 Å². The van der Waals surface area contributed by atoms with Gasteiger partial charge in [-0.05, 0) is 65.4 Å². The van der Waals surface area contributed by atoms with Gasteiger partial charge in [-0.25, -0.2) is 0 Å². The standard InChI is InChI=1S/C32H27ClN2O2/c33-25-15-13-22(14-16-25)24-18-29-31(30(36)19-24)32(35-28-12-5-4-11-27(28)34-29)23-9-6-10-26(17-23)37-20-21-7-2-1-3-8-21/h1-17,24,32,34-35H,18-20H2/t24-,32+/m0/s1. The number of hydrogen-bond acceptors (Lipinski definition) is 4. The van der Waals surface area contributed by atoms with Gasteiger partial charge in [-0.1, -0.05) is 78.3 Å². The van der Waals surface area contributed by atoms with E-state index in [4.69, 9.17) is 16.3 Å². The van der Waals surface area contributed by atoms with E-state index in [1.54, 1.807) is 0 Å². The van der Waals surface area contributed by atoms with Gasteiger partial charge in [0.1, 0.15) is 12.4 Å². The molecule has 0 saturated heterocycles. The molecule has 0 unspecified atom stereocenters. The van der Waals surface area contributed by atoms with Crippen molar-refractivity contribution in [1.82, 2.24) is 0 Å². The van der Waals surface area contributed by atoms with Gasteiger partial charge in [-0.15, -0.1) is 0 Å². The molecule has 4 aromatic carbocycles. The topological polar surface area (TPSA) is 50.4 Å². The van der Waals surface area contributed by atoms with E-state index >= 15 is 0 Å². The van der Waals surface area contributed by atoms with E-state index in [1.165, 1.54) is 0 Å². The molecule has 1 aliphatic carbocycles. The van der Waals surface area contributed by atoms with Gasteiger partial charge in [0, 0.05) is 22.7 Å². The van der Waals surface area contributed by atoms with E-state index < -0.39 is 0 Å². The summed E-state index contributed by atoms with van der Waals surface area (Å²) in [4.78, 5) is 13.8. The third-order valence-electron chi connectivity index (χ3n) is 7.09. The largest absolute Gasteiger partial charge is 0.489 e. The first-order valence-corrected chi connectivity index (χ1v) is 12.9. The van der Waals surface area contributed by atoms with Crippen LogP contribution in [0.3, 0.4) is 0 Å². The molecule has 0 spiro atoms. The fourth-order valence-electron chi connectivity index (χ4n) is 5.24. The number of Topliss-reactive ketones (excluding diaryl/α,β-unsaturated/α-hetero) is 1. The average molecular weight is 507 g/mol. The summed E-state index contributed by atoms with van der Waals surface area (Å²) in [6, 6.07) is 33.8. The fraction of sp³-hybridized carbons (Fsp3) is 0.156. The minimum atomic E-state index is -0.287. The van der Waals surface area contributed by atoms with E-state index in [0.29, 0.717) is 18.1 Å². The second-order valence-electron chi connectivity index (χ2n) is 9.57. The third-order valence-corrected chi connectivity index (χ3v) is 7.34. The van der Waals surface area contributed by atoms with Crippen molar-refractivity contribution < 1.29 is 9.53 Å². The number of anilines is 2. The van der Waals surface area contributed by atoms with Gasteiger partial charge in [0.25, 0.3) is 0 Å². The number of carbonyl (C=O) groups is 1. The van der Waals surface area contributed by atoms with Crippen molar-refractivity contribution in [2.24, 2.45) is 0 Å². The summed E-state index contributed by atoms with van der Waals surface area (Å²) in [5.74, 6) is 1.02. The average Bonchev–Trinajstić information content (AvgIpc) is 3.10. The number of fused-ring (bicyclic) bond motifs is 1. The number of halogens is 1. The summed E-state index contributed by atoms with van der Waals surface area (Å²) in [6.45, 7) is 0.489. The highest BCUT2D eigenvalue weighted by molar-refractivity contribution is 6.30. The first kappa shape index (κ1) is 23.4. The van der Waals surface area contributed by atoms with Gasteiger partial charge in [0.05, 0.1) is 17.4 Å². The number of ether oxygens (including phenoxy) is 1. The second-order valence-corrected chi connectivity index (χ2v) is 10.0. The Kier molecular flexibility index (Phi) is 6.42. The zero-order valence-corrected chi connectivity index (χ0v) is 21.0. The summed E-state index contributed by atoms with van der Waals surface area (Å²) in [6.07, 6.45) is 1.21. The van der Waals surface area contributed by atoms with Crippen molar-refractivity contribution in [2.75, 3.05) is 10.6 Å². The predicted molar refractivity (Wildman–Crippen MR) is 149 cm³/mol. The van der Waals surface area contributed by atoms with Gasteiger partial charge in [-0.3, -0.25) is 4.79 Å². The molecule has 1 heterocycles. The van der Waals surface area contributed by atoms with Crippen molar-refractivity contribution >= 4 is 28.8 Å². The van der Waals surface area contributed by atoms with Crippen molar-refractivity contribution in [2.45, 2.75) is 31.4 Å². The minimum absolute atomic E-state index is 0.0995. The number of benzene rings is 4. The van der Waals surface area contributed by atoms with E-state index in [2.05, 4.69) is 16.7 Å². The number of nitrogens with one attached hydrogen (secondary N) is 2. The van der Waals surface area contributed by atoms with Gasteiger partial charge in [0.2, 0.25) is 0 Å². The first-order chi connectivity index (χ1) is 18.1. The van der Waals surface area contributed by atoms with Crippen LogP contribution in [0.25, 0.3) is 0 Å². The molecule has 0 fully saturated rings. The van der Waals surface area contributed by atoms with Crippen LogP contribution in [0.4, 0.5) is 11.4 Å². The number of allylic oxidation sites excluding steroid dienone is 1. The number of ketones is 1. The van der Waals surface area contributed by atoms with Crippen molar-refractivity contribution in [3.63, 3.8) is 0 Å². The highest BCUT2D eigenvalue weighted by atomic mass is 35.5. The molecule has 5 heteroatoms. The predicted octanol–water partition coefficient (Wildman–Crippen LogP) is 7.90. The molecule has 0 amide bonds. The summed E-state index contributed by atoms with van der Waals surface area (Å²) in [5.41, 5.74) is 6.93. The molecular weight excluding hydrogens is 480 g/mol. The van der Waals surface area contributed by atoms with Gasteiger partial charge in [-0.2, -0.15) is 0 Å². The lowest BCUT2D eigenvalue weighted by Gasteiger charge is -2.30. The van der Waals surface area contributed by atoms with Crippen molar-refractivity contribution in [3.8, 4) is 5.75 Å². The van der Waals surface area contributed by atoms with E-state index in [1.807, 2.05) is 97.1 Å². The van der Waals surface area contributed by atoms with E-state index in [-0.39, 0.29) is 17.7 Å². The summed E-state index contributed by atoms with van der Waals surface area (Å²) in [5, 5.41) is 7.96. The van der Waals surface area contributed by atoms with Crippen LogP contribution in [0, 0.1) is 0 Å². The minimum Gasteiger partial charge on any atom is -0.489 e. The summed E-state index contributed by atoms with van der Waals surface area (Å²) >= 11 is 6.12. The smallest absolute Gasteiger partial charge is 0.163 e. The molecule has 4 aromatic rings. The summed E-state index contributed by atoms with van der Waals surface area (Å²) in [7, 11) is 0. The molecule has 4 nitrogen and oxygen atoms in total. The Morgan fingerprint density at radius 2 is 1.54 bits per heavy atom. The number of carbonyl (C=O) groups excluding carboxylic acids is 1. The Bertz CT molecular complexity index is 1460. The summed E-state index contributed by atoms with van der Waals surface area (Å²) < 4.78 is 6.12. The zero-order chi connectivity index (χ0) is 25.2. The molecule has 184 valence electrons. The number of para-hydroxylation sites is 2. The molecule has 37 heavy (non-hydrogen) atoms. The fourth-order valence-corrected chi connectivity index (χ4v) is 5.36. The van der Waals surface area contributed by atoms with Crippen LogP contribution in [-0.4, -0.2) is 5.78 Å². The Hall–Kier alpha value is -4.02. The van der Waals surface area contributed by atoms with Crippen LogP contribution in [0.2, 0.25) is 5.02 Å². The van der Waals surface area contributed by atoms with Crippen LogP contribution < -0.4 is 15.4 Å². The SMILES string of the molecule is O=C1C[C@@H](c2ccc(Cl)cc2)CC2=C1[C@@H](c1cccc(OCc3ccccc3)c1)Nc1ccccc1N2. The third kappa shape index (κ3) is 4.98. The Morgan fingerprint density at radius 1 is 0.784 bits per heavy atom. The van der Waals surface area contributed by atoms with Crippen LogP contribution in [0.15, 0.2) is 114 Å². The van der Waals surface area contributed by atoms with Crippen LogP contribution in [0.5, 0.6) is 5.75 Å². The number of rotatable bonds is 5. The molecule has 1 aliphatic heterocycles. The van der Waals surface area contributed by atoms with Gasteiger partial charge >= 0.3 is 0 Å². The van der Waals surface area contributed by atoms with Crippen LogP contribution in [0.1, 0.15) is 41.5 Å². The molecule has 0 radical (unpaired) electrons. The van der Waals surface area contributed by atoms with Gasteiger partial charge in [0.15, 0.2) is 5.78 Å².